The van der Waals surface area contributed by atoms with Crippen molar-refractivity contribution in [2.45, 2.75) is 41.5 Å². The Hall–Kier alpha value is -19.7. The number of halogens is 1. The molecule has 18 aromatic rings. The number of benzene rings is 9. The molecule has 0 radical (unpaired) electrons. The zero-order valence-corrected chi connectivity index (χ0v) is 83.8. The molecule has 147 heavy (non-hydrogen) atoms. The molecule has 0 atom stereocenters. The van der Waals surface area contributed by atoms with E-state index in [2.05, 4.69) is 203 Å². The average Bonchev–Trinajstić information content (AvgIpc) is 1.80. The van der Waals surface area contributed by atoms with Gasteiger partial charge >= 0.3 is 0 Å². The predicted octanol–water partition coefficient (Wildman–Crippen LogP) is 13.2. The van der Waals surface area contributed by atoms with E-state index in [4.69, 9.17) is 18.9 Å². The number of para-hydroxylation sites is 2. The number of nitriles is 5. The highest BCUT2D eigenvalue weighted by Gasteiger charge is 2.23. The van der Waals surface area contributed by atoms with Crippen molar-refractivity contribution >= 4 is 73.1 Å². The lowest BCUT2D eigenvalue weighted by molar-refractivity contribution is 0.101. The summed E-state index contributed by atoms with van der Waals surface area (Å²) in [5, 5.41) is 138. The van der Waals surface area contributed by atoms with Crippen LogP contribution in [0.25, 0.3) is 79.7 Å². The Kier molecular flexibility index (Phi) is 37.5. The number of anilines is 4. The molecule has 9 aromatic carbocycles. The maximum absolute atomic E-state index is 12.4. The summed E-state index contributed by atoms with van der Waals surface area (Å²) in [6.07, 6.45) is 4.74. The lowest BCUT2D eigenvalue weighted by atomic mass is 10.0. The van der Waals surface area contributed by atoms with E-state index in [1.807, 2.05) is 110 Å². The molecule has 0 aliphatic rings. The number of carbonyl (C=O) groups is 4. The van der Waals surface area contributed by atoms with Crippen molar-refractivity contribution in [3.05, 3.63) is 279 Å². The van der Waals surface area contributed by atoms with Crippen LogP contribution < -0.4 is 40.2 Å². The standard InChI is InChI=1S/2C16H12N6O.C15H11N7O.C13H9N7OS.C13H15N5O.C13H18N4O2.C12H15BrN4O/c2*1-22-15(19-20-21-22)11-7-8-14(12(9-11)10-17)16(23)18-13-5-3-2-4-6-13;1-22-14(19-20-21-22)10-4-5-13(11(7-10)8-16)15(23)18-12-3-2-6-17-9-12;1-20-11(17-18-19-20)8-2-3-10(9(6-8)7-14)12(21)16-13-15-4-5-22-13;1-9(2)8-19-12-5-4-10(6-11(12)7-14)13-15-16-17-18(13)3;1-9(2)8-19-11-6-5-10(7-12(11)18-4)13-14-15-16-17(13)3;1-8(2)7-18-11-5-4-9(6-10(11)13)12-14-15-16-17(12)3/h2*2-9H,1H3,(H,18,23);2-7,9H,1H3,(H,18,23);2-6H,1H3,(H,15,16,21);4-6,9H,8H2,1-3H3;5-7,9H,8H2,1-4H3;4-6,8H,7H2,1-3H3. The first-order chi connectivity index (χ1) is 71.0. The molecule has 0 bridgehead atoms. The Labute approximate surface area is 852 Å². The number of aromatic nitrogens is 30. The van der Waals surface area contributed by atoms with E-state index < -0.39 is 0 Å². The molecule has 18 rings (SSSR count). The van der Waals surface area contributed by atoms with Crippen molar-refractivity contribution in [1.82, 2.24) is 151 Å². The Morgan fingerprint density at radius 2 is 0.619 bits per heavy atom. The quantitative estimate of drug-likeness (QED) is 0.0413. The van der Waals surface area contributed by atoms with Crippen LogP contribution in [0.15, 0.2) is 229 Å². The Balaban J connectivity index is 0.000000153. The number of hydrogen-bond donors (Lipinski definition) is 4. The summed E-state index contributed by atoms with van der Waals surface area (Å²) in [6, 6.07) is 68.3. The molecule has 740 valence electrons. The van der Waals surface area contributed by atoms with Gasteiger partial charge in [-0.3, -0.25) is 29.5 Å². The van der Waals surface area contributed by atoms with Gasteiger partial charge in [0.05, 0.1) is 118 Å². The van der Waals surface area contributed by atoms with Crippen LogP contribution in [0.3, 0.4) is 0 Å². The van der Waals surface area contributed by atoms with Crippen LogP contribution in [0.2, 0.25) is 0 Å². The smallest absolute Gasteiger partial charge is 0.258 e. The molecule has 0 fully saturated rings. The first-order valence-electron chi connectivity index (χ1n) is 44.4. The van der Waals surface area contributed by atoms with Crippen molar-refractivity contribution < 1.29 is 38.1 Å². The van der Waals surface area contributed by atoms with Crippen molar-refractivity contribution in [2.24, 2.45) is 67.1 Å². The number of rotatable bonds is 25. The van der Waals surface area contributed by atoms with E-state index in [0.717, 1.165) is 38.5 Å². The SMILES string of the molecule is CC(C)COc1ccc(-c2nnnn2C)cc1Br.CC(C)COc1ccc(-c2nnnn2C)cc1C#N.COc1cc(-c2nnnn2C)ccc1OCC(C)C.Cn1nnnc1-c1ccc(C(=O)Nc2ccccc2)c(C#N)c1.Cn1nnnc1-c1ccc(C(=O)Nc2ccccc2)c(C#N)c1.Cn1nnnc1-c1ccc(C(=O)Nc2cccnc2)c(C#N)c1.Cn1nnnc1-c1ccc(C(=O)Nc2nccs2)c(C#N)c1. The molecular formula is C98H92BrN39O8S. The van der Waals surface area contributed by atoms with Crippen LogP contribution in [0.5, 0.6) is 23.0 Å². The van der Waals surface area contributed by atoms with Gasteiger partial charge in [-0.2, -0.15) is 26.3 Å². The number of methoxy groups -OCH3 is 1. The summed E-state index contributed by atoms with van der Waals surface area (Å²) < 4.78 is 34.1. The second-order valence-electron chi connectivity index (χ2n) is 32.4. The normalized spacial score (nSPS) is 10.3. The number of nitrogens with zero attached hydrogens (tertiary/aromatic N) is 35. The van der Waals surface area contributed by atoms with Crippen LogP contribution >= 0.6 is 27.3 Å². The fourth-order valence-corrected chi connectivity index (χ4v) is 14.1. The Morgan fingerprint density at radius 3 is 0.912 bits per heavy atom. The van der Waals surface area contributed by atoms with Crippen LogP contribution in [-0.2, 0) is 49.3 Å². The topological polar surface area (TPSA) is 603 Å². The fourth-order valence-electron chi connectivity index (χ4n) is 13.1. The van der Waals surface area contributed by atoms with Gasteiger partial charge in [-0.1, -0.05) is 102 Å². The van der Waals surface area contributed by atoms with E-state index >= 15 is 0 Å². The minimum Gasteiger partial charge on any atom is -0.493 e. The predicted molar refractivity (Wildman–Crippen MR) is 540 cm³/mol. The zero-order valence-electron chi connectivity index (χ0n) is 81.4. The van der Waals surface area contributed by atoms with Gasteiger partial charge in [0.2, 0.25) is 0 Å². The second kappa shape index (κ2) is 52.0. The third-order valence-corrected chi connectivity index (χ3v) is 21.5. The van der Waals surface area contributed by atoms with Crippen LogP contribution in [-0.4, -0.2) is 202 Å². The minimum absolute atomic E-state index is 0.242. The summed E-state index contributed by atoms with van der Waals surface area (Å²) >= 11 is 4.81. The average molecular weight is 2060 g/mol. The van der Waals surface area contributed by atoms with Gasteiger partial charge in [-0.25, -0.2) is 37.8 Å². The Bertz CT molecular complexity index is 7420. The van der Waals surface area contributed by atoms with Crippen LogP contribution in [0.1, 0.15) is 111 Å². The van der Waals surface area contributed by atoms with Crippen LogP contribution in [0.4, 0.5) is 22.2 Å². The lowest BCUT2D eigenvalue weighted by Gasteiger charge is -2.13. The molecular weight excluding hydrogens is 1960 g/mol. The van der Waals surface area contributed by atoms with Gasteiger partial charge in [-0.05, 0) is 246 Å². The fraction of sp³-hybridized carbons (Fsp3) is 0.204. The highest BCUT2D eigenvalue weighted by molar-refractivity contribution is 9.10. The van der Waals surface area contributed by atoms with Gasteiger partial charge in [0.15, 0.2) is 57.4 Å². The molecule has 4 amide bonds. The van der Waals surface area contributed by atoms with Gasteiger partial charge in [-0.15, -0.1) is 47.0 Å². The molecule has 0 unspecified atom stereocenters. The monoisotopic (exact) mass is 2050 g/mol. The highest BCUT2D eigenvalue weighted by Crippen LogP contribution is 2.35. The molecule has 47 nitrogen and oxygen atoms in total. The van der Waals surface area contributed by atoms with Gasteiger partial charge in [0, 0.05) is 117 Å². The summed E-state index contributed by atoms with van der Waals surface area (Å²) in [6.45, 7) is 14.5. The molecule has 0 spiro atoms. The van der Waals surface area contributed by atoms with E-state index in [1.165, 1.54) is 36.3 Å². The largest absolute Gasteiger partial charge is 0.493 e. The second-order valence-corrected chi connectivity index (χ2v) is 34.2. The summed E-state index contributed by atoms with van der Waals surface area (Å²) in [5.74, 6) is 6.90. The third kappa shape index (κ3) is 29.0. The maximum atomic E-state index is 12.4. The molecule has 4 N–H and O–H groups in total. The Morgan fingerprint density at radius 1 is 0.333 bits per heavy atom. The van der Waals surface area contributed by atoms with Crippen molar-refractivity contribution in [3.63, 3.8) is 0 Å². The highest BCUT2D eigenvalue weighted by atomic mass is 79.9. The van der Waals surface area contributed by atoms with E-state index in [-0.39, 0.29) is 57.0 Å². The van der Waals surface area contributed by atoms with Crippen molar-refractivity contribution in [2.75, 3.05) is 48.2 Å². The number of carbonyl (C=O) groups excluding carboxylic acids is 4. The maximum Gasteiger partial charge on any atom is 0.258 e. The molecule has 9 heterocycles. The number of nitrogens with one attached hydrogen (secondary N) is 4. The zero-order chi connectivity index (χ0) is 105. The number of pyridine rings is 1. The van der Waals surface area contributed by atoms with E-state index in [1.54, 1.807) is 203 Å². The lowest BCUT2D eigenvalue weighted by Crippen LogP contribution is -2.13. The molecule has 49 heteroatoms. The first kappa shape index (κ1) is 106. The number of thiazole rings is 1. The van der Waals surface area contributed by atoms with E-state index in [0.29, 0.717) is 145 Å². The molecule has 0 aliphatic carbocycles. The summed E-state index contributed by atoms with van der Waals surface area (Å²) in [4.78, 5) is 57.1. The van der Waals surface area contributed by atoms with Gasteiger partial charge in [0.1, 0.15) is 17.6 Å². The number of aryl methyl sites for hydroxylation is 7. The molecule has 0 saturated carbocycles. The summed E-state index contributed by atoms with van der Waals surface area (Å²) in [7, 11) is 13.8. The first-order valence-corrected chi connectivity index (χ1v) is 46.0. The van der Waals surface area contributed by atoms with Crippen molar-refractivity contribution in [3.8, 4) is 133 Å². The summed E-state index contributed by atoms with van der Waals surface area (Å²) in [5.41, 5.74) is 9.84. The molecule has 9 aromatic heterocycles. The number of ether oxygens (including phenoxy) is 4. The van der Waals surface area contributed by atoms with Crippen LogP contribution in [0, 0.1) is 74.4 Å². The van der Waals surface area contributed by atoms with Crippen molar-refractivity contribution in [1.29, 1.82) is 26.3 Å². The molecule has 0 aliphatic heterocycles. The minimum atomic E-state index is -0.380. The van der Waals surface area contributed by atoms with Gasteiger partial charge in [0.25, 0.3) is 23.6 Å². The third-order valence-electron chi connectivity index (χ3n) is 20.2. The van der Waals surface area contributed by atoms with Gasteiger partial charge < -0.3 is 34.9 Å². The van der Waals surface area contributed by atoms with E-state index in [9.17, 15) is 45.5 Å². The molecule has 0 saturated heterocycles. The number of tetrazole rings is 7. The number of amides is 4. The number of hydrogen-bond acceptors (Lipinski definition) is 37.